The van der Waals surface area contributed by atoms with Gasteiger partial charge < -0.3 is 15.0 Å². The number of carbonyl (C=O) groups excluding carboxylic acids is 1. The molecule has 0 aliphatic rings. The van der Waals surface area contributed by atoms with Crippen molar-refractivity contribution in [3.8, 4) is 0 Å². The summed E-state index contributed by atoms with van der Waals surface area (Å²) in [4.78, 5) is 33.3. The number of nitro groups is 1. The molecule has 0 aliphatic carbocycles. The van der Waals surface area contributed by atoms with Gasteiger partial charge in [0.05, 0.1) is 16.5 Å². The highest BCUT2D eigenvalue weighted by atomic mass is 16.6. The fourth-order valence-electron chi connectivity index (χ4n) is 1.68. The fourth-order valence-corrected chi connectivity index (χ4v) is 1.68. The Morgan fingerprint density at radius 1 is 1.48 bits per heavy atom. The van der Waals surface area contributed by atoms with Crippen LogP contribution in [0.25, 0.3) is 0 Å². The fraction of sp³-hybridized carbons (Fsp3) is 0.538. The summed E-state index contributed by atoms with van der Waals surface area (Å²) in [6.07, 6.45) is 2.02. The van der Waals surface area contributed by atoms with Crippen molar-refractivity contribution in [2.45, 2.75) is 33.7 Å². The zero-order valence-electron chi connectivity index (χ0n) is 12.3. The maximum Gasteiger partial charge on any atom is 0.310 e. The van der Waals surface area contributed by atoms with E-state index in [-0.39, 0.29) is 17.9 Å². The van der Waals surface area contributed by atoms with Crippen LogP contribution in [0.5, 0.6) is 0 Å². The van der Waals surface area contributed by atoms with Crippen molar-refractivity contribution in [1.29, 1.82) is 0 Å². The van der Waals surface area contributed by atoms with Crippen LogP contribution >= 0.6 is 0 Å². The van der Waals surface area contributed by atoms with Gasteiger partial charge in [-0.2, -0.15) is 0 Å². The van der Waals surface area contributed by atoms with E-state index in [9.17, 15) is 19.7 Å². The van der Waals surface area contributed by atoms with Crippen LogP contribution in [-0.2, 0) is 11.3 Å². The summed E-state index contributed by atoms with van der Waals surface area (Å²) >= 11 is 0. The van der Waals surface area contributed by atoms with Crippen molar-refractivity contribution in [2.24, 2.45) is 5.41 Å². The van der Waals surface area contributed by atoms with Gasteiger partial charge in [-0.25, -0.2) is 0 Å². The van der Waals surface area contributed by atoms with Crippen molar-refractivity contribution in [3.05, 3.63) is 28.1 Å². The van der Waals surface area contributed by atoms with Gasteiger partial charge >= 0.3 is 5.97 Å². The lowest BCUT2D eigenvalue weighted by atomic mass is 9.94. The first-order chi connectivity index (χ1) is 9.69. The number of aromatic nitrogens is 1. The van der Waals surface area contributed by atoms with Crippen LogP contribution in [0.2, 0.25) is 0 Å². The van der Waals surface area contributed by atoms with Gasteiger partial charge in [-0.3, -0.25) is 19.7 Å². The van der Waals surface area contributed by atoms with Crippen LogP contribution in [0.15, 0.2) is 12.3 Å². The number of hydrogen-bond donors (Lipinski definition) is 2. The number of nitrogens with zero attached hydrogens (tertiary/aromatic N) is 2. The number of carboxylic acid groups (broad SMARTS) is 1. The number of aryl methyl sites for hydroxylation is 1. The van der Waals surface area contributed by atoms with Crippen molar-refractivity contribution >= 4 is 17.6 Å². The molecule has 1 heterocycles. The highest BCUT2D eigenvalue weighted by Crippen LogP contribution is 2.18. The average molecular weight is 297 g/mol. The lowest BCUT2D eigenvalue weighted by molar-refractivity contribution is -0.384. The SMILES string of the molecule is CCCn1cc([N+](=O)[O-])cc1C(=O)NCC(C)(C)C(=O)O. The van der Waals surface area contributed by atoms with E-state index in [4.69, 9.17) is 5.11 Å². The molecule has 0 aromatic carbocycles. The Balaban J connectivity index is 2.91. The summed E-state index contributed by atoms with van der Waals surface area (Å²) in [5, 5.41) is 22.3. The van der Waals surface area contributed by atoms with Crippen molar-refractivity contribution in [1.82, 2.24) is 9.88 Å². The van der Waals surface area contributed by atoms with Gasteiger partial charge in [0.25, 0.3) is 11.6 Å². The molecule has 1 amide bonds. The first-order valence-electron chi connectivity index (χ1n) is 6.55. The van der Waals surface area contributed by atoms with Crippen molar-refractivity contribution in [2.75, 3.05) is 6.54 Å². The third-order valence-corrected chi connectivity index (χ3v) is 3.06. The molecular weight excluding hydrogens is 278 g/mol. The number of amides is 1. The summed E-state index contributed by atoms with van der Waals surface area (Å²) in [6.45, 7) is 5.28. The third-order valence-electron chi connectivity index (χ3n) is 3.06. The van der Waals surface area contributed by atoms with Gasteiger partial charge in [-0.15, -0.1) is 0 Å². The Labute approximate surface area is 121 Å². The number of carboxylic acids is 1. The maximum absolute atomic E-state index is 12.1. The first kappa shape index (κ1) is 16.7. The van der Waals surface area contributed by atoms with E-state index in [1.54, 1.807) is 0 Å². The van der Waals surface area contributed by atoms with Gasteiger partial charge in [0, 0.05) is 19.2 Å². The van der Waals surface area contributed by atoms with E-state index in [2.05, 4.69) is 5.32 Å². The minimum absolute atomic E-state index is 0.0632. The number of rotatable bonds is 7. The second-order valence-corrected chi connectivity index (χ2v) is 5.41. The van der Waals surface area contributed by atoms with E-state index in [0.29, 0.717) is 13.0 Å². The maximum atomic E-state index is 12.1. The van der Waals surface area contributed by atoms with Crippen LogP contribution < -0.4 is 5.32 Å². The molecule has 2 N–H and O–H groups in total. The summed E-state index contributed by atoms with van der Waals surface area (Å²) in [5.74, 6) is -1.55. The van der Waals surface area contributed by atoms with E-state index < -0.39 is 22.2 Å². The van der Waals surface area contributed by atoms with Crippen LogP contribution in [0.3, 0.4) is 0 Å². The summed E-state index contributed by atoms with van der Waals surface area (Å²) < 4.78 is 1.50. The third kappa shape index (κ3) is 4.04. The zero-order chi connectivity index (χ0) is 16.2. The molecule has 0 saturated heterocycles. The standard InChI is InChI=1S/C13H19N3O5/c1-4-5-15-7-9(16(20)21)6-10(15)11(17)14-8-13(2,3)12(18)19/h6-7H,4-5,8H2,1-3H3,(H,14,17)(H,18,19). The highest BCUT2D eigenvalue weighted by molar-refractivity contribution is 5.94. The monoisotopic (exact) mass is 297 g/mol. The number of aliphatic carboxylic acids is 1. The Morgan fingerprint density at radius 3 is 2.57 bits per heavy atom. The molecule has 0 fully saturated rings. The van der Waals surface area contributed by atoms with Crippen molar-refractivity contribution < 1.29 is 19.6 Å². The molecule has 8 nitrogen and oxygen atoms in total. The molecule has 1 aromatic heterocycles. The summed E-state index contributed by atoms with van der Waals surface area (Å²) in [7, 11) is 0. The molecule has 116 valence electrons. The average Bonchev–Trinajstić information content (AvgIpc) is 2.80. The zero-order valence-corrected chi connectivity index (χ0v) is 12.3. The second-order valence-electron chi connectivity index (χ2n) is 5.41. The Hall–Kier alpha value is -2.38. The van der Waals surface area contributed by atoms with Crippen LogP contribution in [0.4, 0.5) is 5.69 Å². The predicted octanol–water partition coefficient (Wildman–Crippen LogP) is 1.65. The molecule has 0 atom stereocenters. The lowest BCUT2D eigenvalue weighted by Gasteiger charge is -2.19. The van der Waals surface area contributed by atoms with Gasteiger partial charge in [-0.05, 0) is 20.3 Å². The Morgan fingerprint density at radius 2 is 2.10 bits per heavy atom. The van der Waals surface area contributed by atoms with Crippen LogP contribution in [-0.4, -0.2) is 33.0 Å². The largest absolute Gasteiger partial charge is 0.481 e. The van der Waals surface area contributed by atoms with Gasteiger partial charge in [0.2, 0.25) is 0 Å². The first-order valence-corrected chi connectivity index (χ1v) is 6.55. The molecule has 0 aliphatic heterocycles. The van der Waals surface area contributed by atoms with E-state index in [0.717, 1.165) is 0 Å². The lowest BCUT2D eigenvalue weighted by Crippen LogP contribution is -2.39. The van der Waals surface area contributed by atoms with Crippen LogP contribution in [0.1, 0.15) is 37.7 Å². The Bertz CT molecular complexity index is 562. The molecular formula is C13H19N3O5. The quantitative estimate of drug-likeness (QED) is 0.586. The normalized spacial score (nSPS) is 11.2. The molecule has 0 saturated carbocycles. The molecule has 8 heteroatoms. The molecule has 0 bridgehead atoms. The van der Waals surface area contributed by atoms with Gasteiger partial charge in [-0.1, -0.05) is 6.92 Å². The molecule has 1 rings (SSSR count). The topological polar surface area (TPSA) is 114 Å². The molecule has 21 heavy (non-hydrogen) atoms. The number of hydrogen-bond acceptors (Lipinski definition) is 4. The van der Waals surface area contributed by atoms with Gasteiger partial charge in [0.1, 0.15) is 5.69 Å². The van der Waals surface area contributed by atoms with Crippen molar-refractivity contribution in [3.63, 3.8) is 0 Å². The van der Waals surface area contributed by atoms with Crippen LogP contribution in [0, 0.1) is 15.5 Å². The minimum atomic E-state index is -1.11. The minimum Gasteiger partial charge on any atom is -0.481 e. The van der Waals surface area contributed by atoms with E-state index in [1.165, 1.54) is 30.7 Å². The second kappa shape index (κ2) is 6.38. The predicted molar refractivity (Wildman–Crippen MR) is 75.1 cm³/mol. The van der Waals surface area contributed by atoms with E-state index in [1.807, 2.05) is 6.92 Å². The van der Waals surface area contributed by atoms with Gasteiger partial charge in [0.15, 0.2) is 0 Å². The molecule has 1 aromatic rings. The molecule has 0 spiro atoms. The summed E-state index contributed by atoms with van der Waals surface area (Å²) in [5.41, 5.74) is -1.11. The number of nitrogens with one attached hydrogen (secondary N) is 1. The van der Waals surface area contributed by atoms with E-state index >= 15 is 0 Å². The Kier molecular flexibility index (Phi) is 5.07. The highest BCUT2D eigenvalue weighted by Gasteiger charge is 2.28. The molecule has 0 unspecified atom stereocenters. The molecule has 0 radical (unpaired) electrons. The smallest absolute Gasteiger partial charge is 0.310 e. The number of carbonyl (C=O) groups is 2. The summed E-state index contributed by atoms with van der Waals surface area (Å²) in [6, 6.07) is 1.19.